The third kappa shape index (κ3) is 5.24. The van der Waals surface area contributed by atoms with E-state index in [0.717, 1.165) is 34.9 Å². The molecule has 0 radical (unpaired) electrons. The summed E-state index contributed by atoms with van der Waals surface area (Å²) in [5.74, 6) is 2.35. The highest BCUT2D eigenvalue weighted by Crippen LogP contribution is 2.39. The summed E-state index contributed by atoms with van der Waals surface area (Å²) >= 11 is 1.72. The maximum Gasteiger partial charge on any atom is 0.205 e. The molecule has 1 aromatic heterocycles. The van der Waals surface area contributed by atoms with Gasteiger partial charge < -0.3 is 5.32 Å². The minimum Gasteiger partial charge on any atom is -0.360 e. The van der Waals surface area contributed by atoms with E-state index in [1.54, 1.807) is 11.3 Å². The van der Waals surface area contributed by atoms with Crippen LogP contribution in [-0.2, 0) is 6.42 Å². The van der Waals surface area contributed by atoms with E-state index in [9.17, 15) is 0 Å². The van der Waals surface area contributed by atoms with Gasteiger partial charge in [-0.15, -0.1) is 10.2 Å². The zero-order chi connectivity index (χ0) is 15.5. The van der Waals surface area contributed by atoms with E-state index < -0.39 is 0 Å². The third-order valence-corrected chi connectivity index (χ3v) is 5.57. The molecule has 0 spiro atoms. The van der Waals surface area contributed by atoms with Crippen LogP contribution in [0.5, 0.6) is 0 Å². The summed E-state index contributed by atoms with van der Waals surface area (Å²) in [5, 5.41) is 14.2. The van der Waals surface area contributed by atoms with Crippen molar-refractivity contribution in [1.29, 1.82) is 0 Å². The van der Waals surface area contributed by atoms with Gasteiger partial charge in [-0.05, 0) is 48.9 Å². The van der Waals surface area contributed by atoms with Crippen molar-refractivity contribution >= 4 is 16.5 Å². The summed E-state index contributed by atoms with van der Waals surface area (Å²) in [6, 6.07) is 0. The second-order valence-corrected chi connectivity index (χ2v) is 9.13. The van der Waals surface area contributed by atoms with Gasteiger partial charge in [0.25, 0.3) is 0 Å². The molecule has 4 heteroatoms. The molecule has 1 heterocycles. The number of aromatic nitrogens is 2. The Hall–Kier alpha value is -0.640. The lowest BCUT2D eigenvalue weighted by Crippen LogP contribution is -2.28. The number of rotatable bonds is 5. The van der Waals surface area contributed by atoms with Crippen LogP contribution in [0.1, 0.15) is 65.3 Å². The lowest BCUT2D eigenvalue weighted by molar-refractivity contribution is 0.153. The Kier molecular flexibility index (Phi) is 5.64. The highest BCUT2D eigenvalue weighted by atomic mass is 32.1. The summed E-state index contributed by atoms with van der Waals surface area (Å²) in [7, 11) is 0. The van der Waals surface area contributed by atoms with E-state index in [0.29, 0.717) is 11.3 Å². The van der Waals surface area contributed by atoms with Crippen LogP contribution in [0.3, 0.4) is 0 Å². The minimum atomic E-state index is 0.476. The van der Waals surface area contributed by atoms with Crippen molar-refractivity contribution in [2.75, 3.05) is 11.9 Å². The molecule has 1 saturated carbocycles. The van der Waals surface area contributed by atoms with E-state index in [4.69, 9.17) is 0 Å². The largest absolute Gasteiger partial charge is 0.360 e. The predicted octanol–water partition coefficient (Wildman–Crippen LogP) is 5.00. The van der Waals surface area contributed by atoms with E-state index in [1.807, 2.05) is 0 Å². The Labute approximate surface area is 133 Å². The molecule has 2 rings (SSSR count). The van der Waals surface area contributed by atoms with Crippen molar-refractivity contribution in [2.45, 2.75) is 66.7 Å². The quantitative estimate of drug-likeness (QED) is 0.831. The van der Waals surface area contributed by atoms with E-state index >= 15 is 0 Å². The van der Waals surface area contributed by atoms with Gasteiger partial charge in [0.2, 0.25) is 5.13 Å². The van der Waals surface area contributed by atoms with Crippen molar-refractivity contribution in [2.24, 2.45) is 23.2 Å². The Balaban J connectivity index is 1.73. The average molecular weight is 310 g/mol. The van der Waals surface area contributed by atoms with Gasteiger partial charge in [0.15, 0.2) is 0 Å². The monoisotopic (exact) mass is 309 g/mol. The number of nitrogens with one attached hydrogen (secondary N) is 1. The van der Waals surface area contributed by atoms with Crippen LogP contribution in [-0.4, -0.2) is 16.7 Å². The topological polar surface area (TPSA) is 37.8 Å². The fraction of sp³-hybridized carbons (Fsp3) is 0.882. The second-order valence-electron chi connectivity index (χ2n) is 8.06. The molecule has 0 unspecified atom stereocenters. The molecule has 1 fully saturated rings. The summed E-state index contributed by atoms with van der Waals surface area (Å²) in [5.41, 5.74) is 0.476. The normalized spacial score (nSPS) is 23.5. The van der Waals surface area contributed by atoms with Crippen molar-refractivity contribution in [1.82, 2.24) is 10.2 Å². The Morgan fingerprint density at radius 2 is 1.81 bits per heavy atom. The summed E-state index contributed by atoms with van der Waals surface area (Å²) in [6.45, 7) is 12.7. The van der Waals surface area contributed by atoms with Crippen molar-refractivity contribution in [3.05, 3.63) is 5.01 Å². The molecule has 1 aliphatic rings. The molecule has 0 bridgehead atoms. The number of nitrogens with zero attached hydrogens (tertiary/aromatic N) is 2. The highest BCUT2D eigenvalue weighted by molar-refractivity contribution is 7.15. The van der Waals surface area contributed by atoms with Crippen LogP contribution >= 0.6 is 11.3 Å². The molecule has 0 atom stereocenters. The van der Waals surface area contributed by atoms with E-state index in [-0.39, 0.29) is 0 Å². The minimum absolute atomic E-state index is 0.476. The molecule has 120 valence electrons. The smallest absolute Gasteiger partial charge is 0.205 e. The van der Waals surface area contributed by atoms with Crippen molar-refractivity contribution < 1.29 is 0 Å². The van der Waals surface area contributed by atoms with Gasteiger partial charge in [0, 0.05) is 13.0 Å². The molecule has 0 amide bonds. The summed E-state index contributed by atoms with van der Waals surface area (Å²) < 4.78 is 0. The first-order valence-electron chi connectivity index (χ1n) is 8.41. The first-order chi connectivity index (χ1) is 9.84. The molecular weight excluding hydrogens is 278 g/mol. The van der Waals surface area contributed by atoms with Crippen LogP contribution in [0.25, 0.3) is 0 Å². The Morgan fingerprint density at radius 3 is 2.38 bits per heavy atom. The maximum atomic E-state index is 4.27. The van der Waals surface area contributed by atoms with Crippen molar-refractivity contribution in [3.8, 4) is 0 Å². The van der Waals surface area contributed by atoms with Gasteiger partial charge in [-0.3, -0.25) is 0 Å². The maximum absolute atomic E-state index is 4.27. The van der Waals surface area contributed by atoms with Crippen LogP contribution in [0.15, 0.2) is 0 Å². The second kappa shape index (κ2) is 7.08. The zero-order valence-corrected chi connectivity index (χ0v) is 15.1. The molecule has 21 heavy (non-hydrogen) atoms. The Bertz CT molecular complexity index is 425. The lowest BCUT2D eigenvalue weighted by atomic mass is 9.70. The summed E-state index contributed by atoms with van der Waals surface area (Å²) in [6.07, 6.45) is 6.50. The standard InChI is InChI=1S/C17H31N3S/c1-12(2)10-15-19-20-16(21-15)18-11-13-6-8-14(9-7-13)17(3,4)5/h12-14H,6-11H2,1-5H3,(H,18,20). The van der Waals surface area contributed by atoms with Crippen LogP contribution in [0.4, 0.5) is 5.13 Å². The summed E-state index contributed by atoms with van der Waals surface area (Å²) in [4.78, 5) is 0. The molecule has 1 N–H and O–H groups in total. The zero-order valence-electron chi connectivity index (χ0n) is 14.3. The van der Waals surface area contributed by atoms with E-state index in [2.05, 4.69) is 50.1 Å². The fourth-order valence-corrected chi connectivity index (χ4v) is 4.18. The first-order valence-corrected chi connectivity index (χ1v) is 9.22. The lowest BCUT2D eigenvalue weighted by Gasteiger charge is -2.37. The van der Waals surface area contributed by atoms with Gasteiger partial charge in [-0.25, -0.2) is 0 Å². The predicted molar refractivity (Wildman–Crippen MR) is 91.8 cm³/mol. The number of anilines is 1. The molecule has 0 saturated heterocycles. The van der Waals surface area contributed by atoms with E-state index in [1.165, 1.54) is 25.7 Å². The molecule has 1 aliphatic carbocycles. The SMILES string of the molecule is CC(C)Cc1nnc(NCC2CCC(C(C)(C)C)CC2)s1. The average Bonchev–Trinajstić information content (AvgIpc) is 2.82. The van der Waals surface area contributed by atoms with Gasteiger partial charge in [0.05, 0.1) is 0 Å². The van der Waals surface area contributed by atoms with Crippen molar-refractivity contribution in [3.63, 3.8) is 0 Å². The van der Waals surface area contributed by atoms with Gasteiger partial charge >= 0.3 is 0 Å². The molecular formula is C17H31N3S. The first kappa shape index (κ1) is 16.7. The van der Waals surface area contributed by atoms with Gasteiger partial charge in [-0.2, -0.15) is 0 Å². The van der Waals surface area contributed by atoms with Gasteiger partial charge in [0.1, 0.15) is 5.01 Å². The van der Waals surface area contributed by atoms with Crippen LogP contribution in [0.2, 0.25) is 0 Å². The molecule has 1 aromatic rings. The number of hydrogen-bond acceptors (Lipinski definition) is 4. The third-order valence-electron chi connectivity index (χ3n) is 4.66. The fourth-order valence-electron chi connectivity index (χ4n) is 3.22. The molecule has 0 aromatic carbocycles. The molecule has 0 aliphatic heterocycles. The van der Waals surface area contributed by atoms with Gasteiger partial charge in [-0.1, -0.05) is 46.0 Å². The van der Waals surface area contributed by atoms with Crippen LogP contribution in [0, 0.1) is 23.2 Å². The van der Waals surface area contributed by atoms with Crippen LogP contribution < -0.4 is 5.32 Å². The molecule has 3 nitrogen and oxygen atoms in total. The highest BCUT2D eigenvalue weighted by Gasteiger charge is 2.29. The number of hydrogen-bond donors (Lipinski definition) is 1. The Morgan fingerprint density at radius 1 is 1.14 bits per heavy atom.